The number of ketones is 2. The van der Waals surface area contributed by atoms with Crippen LogP contribution in [0.25, 0.3) is 33.0 Å². The van der Waals surface area contributed by atoms with E-state index in [1.54, 1.807) is 0 Å². The fraction of sp³-hybridized carbons (Fsp3) is 0.231. The van der Waals surface area contributed by atoms with Gasteiger partial charge in [0, 0.05) is 59.8 Å². The molecule has 0 unspecified atom stereocenters. The van der Waals surface area contributed by atoms with E-state index in [1.165, 1.54) is 0 Å². The van der Waals surface area contributed by atoms with Crippen molar-refractivity contribution in [1.82, 2.24) is 19.9 Å². The number of nitrogens with zero attached hydrogens (tertiary/aromatic N) is 4. The van der Waals surface area contributed by atoms with E-state index in [1.807, 2.05) is 54.7 Å². The normalized spacial score (nSPS) is 17.7. The smallest absolute Gasteiger partial charge is 0.226 e. The Labute approximate surface area is 190 Å². The molecule has 1 N–H and O–H groups in total. The first kappa shape index (κ1) is 19.8. The first-order valence-corrected chi connectivity index (χ1v) is 11.2. The highest BCUT2D eigenvalue weighted by Crippen LogP contribution is 2.40. The molecule has 0 saturated carbocycles. The van der Waals surface area contributed by atoms with Gasteiger partial charge in [0.15, 0.2) is 11.6 Å². The van der Waals surface area contributed by atoms with Gasteiger partial charge >= 0.3 is 0 Å². The molecule has 2 aromatic carbocycles. The summed E-state index contributed by atoms with van der Waals surface area (Å²) in [7, 11) is 2.10. The molecule has 33 heavy (non-hydrogen) atoms. The van der Waals surface area contributed by atoms with E-state index in [0.29, 0.717) is 22.8 Å². The van der Waals surface area contributed by atoms with Crippen LogP contribution in [-0.2, 0) is 9.59 Å². The number of aromatic amines is 1. The highest BCUT2D eigenvalue weighted by molar-refractivity contribution is 6.52. The molecule has 1 aliphatic heterocycles. The zero-order chi connectivity index (χ0) is 22.5. The summed E-state index contributed by atoms with van der Waals surface area (Å²) < 4.78 is 0. The van der Waals surface area contributed by atoms with Crippen molar-refractivity contribution in [2.75, 3.05) is 38.1 Å². The molecule has 164 valence electrons. The van der Waals surface area contributed by atoms with Gasteiger partial charge in [0.1, 0.15) is 0 Å². The number of likely N-dealkylation sites (N-methyl/N-ethyl adjacent to an activating group) is 1. The number of nitrogens with one attached hydrogen (secondary N) is 1. The van der Waals surface area contributed by atoms with E-state index in [0.717, 1.165) is 53.5 Å². The number of rotatable bonds is 3. The van der Waals surface area contributed by atoms with E-state index < -0.39 is 0 Å². The van der Waals surface area contributed by atoms with Crippen molar-refractivity contribution in [3.8, 4) is 0 Å². The lowest BCUT2D eigenvalue weighted by atomic mass is 9.97. The van der Waals surface area contributed by atoms with Gasteiger partial charge in [-0.15, -0.1) is 0 Å². The Morgan fingerprint density at radius 1 is 0.818 bits per heavy atom. The van der Waals surface area contributed by atoms with Crippen molar-refractivity contribution in [2.45, 2.75) is 6.42 Å². The first-order chi connectivity index (χ1) is 16.1. The first-order valence-electron chi connectivity index (χ1n) is 11.2. The maximum Gasteiger partial charge on any atom is 0.226 e. The quantitative estimate of drug-likeness (QED) is 0.495. The molecule has 1 aliphatic carbocycles. The number of aromatic nitrogens is 3. The molecule has 0 atom stereocenters. The molecular formula is C26H23N5O2. The van der Waals surface area contributed by atoms with Crippen molar-refractivity contribution in [3.05, 3.63) is 66.0 Å². The van der Waals surface area contributed by atoms with Crippen LogP contribution in [0.15, 0.2) is 54.7 Å². The van der Waals surface area contributed by atoms with Gasteiger partial charge in [0.2, 0.25) is 5.95 Å². The van der Waals surface area contributed by atoms with Gasteiger partial charge in [-0.3, -0.25) is 9.59 Å². The molecule has 0 bridgehead atoms. The minimum Gasteiger partial charge on any atom is -0.361 e. The largest absolute Gasteiger partial charge is 0.361 e. The minimum absolute atomic E-state index is 0.133. The Balaban J connectivity index is 1.60. The summed E-state index contributed by atoms with van der Waals surface area (Å²) in [4.78, 5) is 43.7. The standard InChI is InChI=1S/C26H23N5O2/c1-30-10-12-31(13-11-30)26-28-20-9-5-3-7-17(20)25(29-26)24-22(33)14-21(32)23(24)18-15-27-19-8-4-2-6-16(18)19/h2-9,15,27H,10-14H2,1H3. The zero-order valence-electron chi connectivity index (χ0n) is 18.3. The van der Waals surface area contributed by atoms with Crippen LogP contribution < -0.4 is 4.90 Å². The summed E-state index contributed by atoms with van der Waals surface area (Å²) in [5, 5.41) is 1.71. The lowest BCUT2D eigenvalue weighted by Crippen LogP contribution is -2.45. The number of carbonyl (C=O) groups is 2. The van der Waals surface area contributed by atoms with Crippen molar-refractivity contribution in [2.24, 2.45) is 0 Å². The van der Waals surface area contributed by atoms with Gasteiger partial charge in [0.25, 0.3) is 0 Å². The summed E-state index contributed by atoms with van der Waals surface area (Å²) in [6.45, 7) is 3.48. The number of piperazine rings is 1. The van der Waals surface area contributed by atoms with E-state index >= 15 is 0 Å². The summed E-state index contributed by atoms with van der Waals surface area (Å²) in [6.07, 6.45) is 1.69. The fourth-order valence-electron chi connectivity index (χ4n) is 4.82. The third-order valence-electron chi connectivity index (χ3n) is 6.60. The Hall–Kier alpha value is -3.84. The highest BCUT2D eigenvalue weighted by atomic mass is 16.2. The van der Waals surface area contributed by atoms with Crippen LogP contribution in [0.3, 0.4) is 0 Å². The van der Waals surface area contributed by atoms with Gasteiger partial charge in [-0.05, 0) is 19.2 Å². The van der Waals surface area contributed by atoms with Crippen LogP contribution in [-0.4, -0.2) is 64.6 Å². The summed E-state index contributed by atoms with van der Waals surface area (Å²) in [5.74, 6) is 0.256. The molecule has 0 spiro atoms. The molecule has 4 aromatic rings. The van der Waals surface area contributed by atoms with Crippen LogP contribution >= 0.6 is 0 Å². The third kappa shape index (κ3) is 3.24. The molecule has 0 radical (unpaired) electrons. The monoisotopic (exact) mass is 437 g/mol. The summed E-state index contributed by atoms with van der Waals surface area (Å²) in [6, 6.07) is 15.5. The maximum atomic E-state index is 13.2. The average molecular weight is 438 g/mol. The van der Waals surface area contributed by atoms with Crippen LogP contribution in [0.4, 0.5) is 5.95 Å². The number of hydrogen-bond donors (Lipinski definition) is 1. The summed E-state index contributed by atoms with van der Waals surface area (Å²) in [5.41, 5.74) is 3.85. The molecule has 7 nitrogen and oxygen atoms in total. The van der Waals surface area contributed by atoms with Crippen LogP contribution in [0, 0.1) is 0 Å². The molecule has 2 aromatic heterocycles. The second-order valence-corrected chi connectivity index (χ2v) is 8.70. The number of benzene rings is 2. The maximum absolute atomic E-state index is 13.2. The van der Waals surface area contributed by atoms with Crippen LogP contribution in [0.1, 0.15) is 17.7 Å². The average Bonchev–Trinajstić information content (AvgIpc) is 3.38. The van der Waals surface area contributed by atoms with Crippen molar-refractivity contribution >= 4 is 50.5 Å². The minimum atomic E-state index is -0.187. The Bertz CT molecular complexity index is 1460. The third-order valence-corrected chi connectivity index (χ3v) is 6.60. The van der Waals surface area contributed by atoms with Gasteiger partial charge in [0.05, 0.1) is 23.2 Å². The Kier molecular flexibility index (Phi) is 4.58. The fourth-order valence-corrected chi connectivity index (χ4v) is 4.82. The van der Waals surface area contributed by atoms with Gasteiger partial charge in [-0.1, -0.05) is 36.4 Å². The van der Waals surface area contributed by atoms with E-state index in [2.05, 4.69) is 21.8 Å². The molecule has 1 fully saturated rings. The lowest BCUT2D eigenvalue weighted by Gasteiger charge is -2.32. The number of fused-ring (bicyclic) bond motifs is 2. The van der Waals surface area contributed by atoms with E-state index in [9.17, 15) is 9.59 Å². The summed E-state index contributed by atoms with van der Waals surface area (Å²) >= 11 is 0. The predicted octanol–water partition coefficient (Wildman–Crippen LogP) is 3.32. The molecule has 0 amide bonds. The zero-order valence-corrected chi connectivity index (χ0v) is 18.3. The number of Topliss-reactive ketones (excluding diaryl/α,β-unsaturated/α-hetero) is 2. The topological polar surface area (TPSA) is 82.2 Å². The predicted molar refractivity (Wildman–Crippen MR) is 129 cm³/mol. The molecule has 1 saturated heterocycles. The molecule has 6 rings (SSSR count). The molecule has 2 aliphatic rings. The van der Waals surface area contributed by atoms with Crippen molar-refractivity contribution in [3.63, 3.8) is 0 Å². The van der Waals surface area contributed by atoms with Gasteiger partial charge in [-0.25, -0.2) is 9.97 Å². The number of allylic oxidation sites excluding steroid dienone is 2. The number of anilines is 1. The van der Waals surface area contributed by atoms with E-state index in [4.69, 9.17) is 9.97 Å². The van der Waals surface area contributed by atoms with Crippen molar-refractivity contribution in [1.29, 1.82) is 0 Å². The van der Waals surface area contributed by atoms with Gasteiger partial charge < -0.3 is 14.8 Å². The van der Waals surface area contributed by atoms with Crippen LogP contribution in [0.5, 0.6) is 0 Å². The van der Waals surface area contributed by atoms with Gasteiger partial charge in [-0.2, -0.15) is 0 Å². The molecule has 3 heterocycles. The Morgan fingerprint density at radius 3 is 2.33 bits per heavy atom. The van der Waals surface area contributed by atoms with E-state index in [-0.39, 0.29) is 18.0 Å². The highest BCUT2D eigenvalue weighted by Gasteiger charge is 2.35. The SMILES string of the molecule is CN1CCN(c2nc(C3=C(c4c[nH]c5ccccc45)C(=O)CC3=O)c3ccccc3n2)CC1. The number of hydrogen-bond acceptors (Lipinski definition) is 6. The number of H-pyrrole nitrogens is 1. The second-order valence-electron chi connectivity index (χ2n) is 8.70. The Morgan fingerprint density at radius 2 is 1.52 bits per heavy atom. The number of carbonyl (C=O) groups excluding carboxylic acids is 2. The number of para-hydroxylation sites is 2. The lowest BCUT2D eigenvalue weighted by molar-refractivity contribution is -0.119. The second kappa shape index (κ2) is 7.64. The van der Waals surface area contributed by atoms with Crippen molar-refractivity contribution < 1.29 is 9.59 Å². The van der Waals surface area contributed by atoms with Crippen LogP contribution in [0.2, 0.25) is 0 Å². The molecule has 7 heteroatoms. The molecular weight excluding hydrogens is 414 g/mol.